The van der Waals surface area contributed by atoms with Gasteiger partial charge in [0, 0.05) is 25.0 Å². The number of carboxylic acids is 1. The minimum Gasteiger partial charge on any atom is -0.481 e. The van der Waals surface area contributed by atoms with E-state index in [1.807, 2.05) is 6.92 Å². The first-order valence-electron chi connectivity index (χ1n) is 7.03. The molecule has 2 amide bonds. The number of ether oxygens (including phenoxy) is 1. The van der Waals surface area contributed by atoms with Crippen molar-refractivity contribution in [2.45, 2.75) is 39.2 Å². The fourth-order valence-corrected chi connectivity index (χ4v) is 2.44. The summed E-state index contributed by atoms with van der Waals surface area (Å²) in [6.07, 6.45) is 0.340. The van der Waals surface area contributed by atoms with Gasteiger partial charge in [0.2, 0.25) is 0 Å². The lowest BCUT2D eigenvalue weighted by Crippen LogP contribution is -2.49. The molecule has 0 aromatic rings. The van der Waals surface area contributed by atoms with Crippen LogP contribution < -0.4 is 5.32 Å². The number of likely N-dealkylation sites (tertiary alicyclic amines) is 1. The summed E-state index contributed by atoms with van der Waals surface area (Å²) in [5.74, 6) is -1.45. The van der Waals surface area contributed by atoms with Crippen molar-refractivity contribution in [2.24, 2.45) is 11.8 Å². The molecular weight excluding hydrogens is 276 g/mol. The lowest BCUT2D eigenvalue weighted by atomic mass is 9.99. The van der Waals surface area contributed by atoms with Crippen LogP contribution in [0.3, 0.4) is 0 Å². The lowest BCUT2D eigenvalue weighted by molar-refractivity contribution is -0.146. The summed E-state index contributed by atoms with van der Waals surface area (Å²) >= 11 is 0. The number of methoxy groups -OCH3 is 1. The van der Waals surface area contributed by atoms with Gasteiger partial charge in [0.1, 0.15) is 0 Å². The Kier molecular flexibility index (Phi) is 5.57. The zero-order chi connectivity index (χ0) is 16.2. The summed E-state index contributed by atoms with van der Waals surface area (Å²) in [5, 5.41) is 11.5. The molecule has 0 aromatic heterocycles. The highest BCUT2D eigenvalue weighted by atomic mass is 16.5. The molecule has 1 saturated heterocycles. The second-order valence-corrected chi connectivity index (χ2v) is 6.22. The highest BCUT2D eigenvalue weighted by Crippen LogP contribution is 2.24. The van der Waals surface area contributed by atoms with Crippen molar-refractivity contribution in [3.05, 3.63) is 0 Å². The van der Waals surface area contributed by atoms with E-state index in [0.29, 0.717) is 19.5 Å². The predicted octanol–water partition coefficient (Wildman–Crippen LogP) is 1.08. The van der Waals surface area contributed by atoms with Gasteiger partial charge in [0.05, 0.1) is 13.0 Å². The Morgan fingerprint density at radius 1 is 1.33 bits per heavy atom. The van der Waals surface area contributed by atoms with Crippen LogP contribution in [0.2, 0.25) is 0 Å². The Bertz CT molecular complexity index is 422. The van der Waals surface area contributed by atoms with Crippen molar-refractivity contribution >= 4 is 18.0 Å². The molecule has 0 aliphatic carbocycles. The molecule has 2 unspecified atom stereocenters. The molecule has 120 valence electrons. The SMILES string of the molecule is COC(=O)C1CN(C(=O)NC(C)(C)CCC(=O)O)CC1C. The van der Waals surface area contributed by atoms with Gasteiger partial charge in [-0.05, 0) is 26.2 Å². The van der Waals surface area contributed by atoms with Crippen LogP contribution in [0, 0.1) is 11.8 Å². The van der Waals surface area contributed by atoms with E-state index in [0.717, 1.165) is 0 Å². The number of nitrogens with one attached hydrogen (secondary N) is 1. The standard InChI is InChI=1S/C14H24N2O5/c1-9-7-16(8-10(9)12(19)21-4)13(20)15-14(2,3)6-5-11(17)18/h9-10H,5-8H2,1-4H3,(H,15,20)(H,17,18). The molecule has 1 aliphatic rings. The highest BCUT2D eigenvalue weighted by Gasteiger charge is 2.38. The molecule has 0 radical (unpaired) electrons. The van der Waals surface area contributed by atoms with Crippen molar-refractivity contribution in [1.29, 1.82) is 0 Å². The minimum absolute atomic E-state index is 0.00549. The molecule has 7 nitrogen and oxygen atoms in total. The Balaban J connectivity index is 2.57. The number of aliphatic carboxylic acids is 1. The third-order valence-corrected chi connectivity index (χ3v) is 3.81. The van der Waals surface area contributed by atoms with Gasteiger partial charge >= 0.3 is 18.0 Å². The molecule has 0 saturated carbocycles. The number of hydrogen-bond acceptors (Lipinski definition) is 4. The number of nitrogens with zero attached hydrogens (tertiary/aromatic N) is 1. The van der Waals surface area contributed by atoms with E-state index in [4.69, 9.17) is 9.84 Å². The summed E-state index contributed by atoms with van der Waals surface area (Å²) < 4.78 is 4.74. The van der Waals surface area contributed by atoms with Crippen LogP contribution in [0.15, 0.2) is 0 Å². The summed E-state index contributed by atoms with van der Waals surface area (Å²) in [5.41, 5.74) is -0.609. The largest absolute Gasteiger partial charge is 0.481 e. The summed E-state index contributed by atoms with van der Waals surface area (Å²) in [6.45, 7) is 6.29. The van der Waals surface area contributed by atoms with Crippen LogP contribution in [0.4, 0.5) is 4.79 Å². The second-order valence-electron chi connectivity index (χ2n) is 6.22. The van der Waals surface area contributed by atoms with Gasteiger partial charge in [-0.2, -0.15) is 0 Å². The van der Waals surface area contributed by atoms with Crippen molar-refractivity contribution in [1.82, 2.24) is 10.2 Å². The maximum absolute atomic E-state index is 12.2. The molecule has 2 atom stereocenters. The molecule has 2 N–H and O–H groups in total. The molecule has 21 heavy (non-hydrogen) atoms. The van der Waals surface area contributed by atoms with E-state index in [1.54, 1.807) is 18.7 Å². The fraction of sp³-hybridized carbons (Fsp3) is 0.786. The third-order valence-electron chi connectivity index (χ3n) is 3.81. The molecule has 0 aromatic carbocycles. The Labute approximate surface area is 124 Å². The molecule has 0 bridgehead atoms. The maximum atomic E-state index is 12.2. The first-order valence-corrected chi connectivity index (χ1v) is 7.03. The summed E-state index contributed by atoms with van der Waals surface area (Å²) in [4.78, 5) is 36.0. The Morgan fingerprint density at radius 2 is 1.95 bits per heavy atom. The van der Waals surface area contributed by atoms with E-state index in [2.05, 4.69) is 5.32 Å². The van der Waals surface area contributed by atoms with Crippen LogP contribution in [-0.2, 0) is 14.3 Å². The average Bonchev–Trinajstić information content (AvgIpc) is 2.77. The monoisotopic (exact) mass is 300 g/mol. The van der Waals surface area contributed by atoms with E-state index >= 15 is 0 Å². The van der Waals surface area contributed by atoms with E-state index < -0.39 is 11.5 Å². The van der Waals surface area contributed by atoms with Crippen molar-refractivity contribution < 1.29 is 24.2 Å². The van der Waals surface area contributed by atoms with E-state index in [1.165, 1.54) is 7.11 Å². The zero-order valence-corrected chi connectivity index (χ0v) is 13.0. The first-order chi connectivity index (χ1) is 9.66. The Hall–Kier alpha value is -1.79. The van der Waals surface area contributed by atoms with Crippen LogP contribution in [0.1, 0.15) is 33.6 Å². The predicted molar refractivity (Wildman–Crippen MR) is 75.7 cm³/mol. The molecule has 1 aliphatic heterocycles. The van der Waals surface area contributed by atoms with Crippen molar-refractivity contribution in [3.63, 3.8) is 0 Å². The van der Waals surface area contributed by atoms with Gasteiger partial charge in [-0.1, -0.05) is 6.92 Å². The van der Waals surface area contributed by atoms with Crippen molar-refractivity contribution in [3.8, 4) is 0 Å². The molecule has 0 spiro atoms. The smallest absolute Gasteiger partial charge is 0.317 e. The number of esters is 1. The number of rotatable bonds is 5. The zero-order valence-electron chi connectivity index (χ0n) is 13.0. The van der Waals surface area contributed by atoms with Gasteiger partial charge < -0.3 is 20.1 Å². The van der Waals surface area contributed by atoms with Gasteiger partial charge in [-0.3, -0.25) is 9.59 Å². The maximum Gasteiger partial charge on any atom is 0.317 e. The minimum atomic E-state index is -0.891. The first kappa shape index (κ1) is 17.3. The number of carboxylic acid groups (broad SMARTS) is 1. The molecule has 1 rings (SSSR count). The fourth-order valence-electron chi connectivity index (χ4n) is 2.44. The third kappa shape index (κ3) is 4.91. The number of hydrogen-bond donors (Lipinski definition) is 2. The van der Waals surface area contributed by atoms with Gasteiger partial charge in [-0.25, -0.2) is 4.79 Å². The topological polar surface area (TPSA) is 95.9 Å². The summed E-state index contributed by atoms with van der Waals surface area (Å²) in [7, 11) is 1.34. The molecule has 7 heteroatoms. The van der Waals surface area contributed by atoms with Crippen LogP contribution in [-0.4, -0.2) is 53.7 Å². The number of carbonyl (C=O) groups excluding carboxylic acids is 2. The number of amides is 2. The van der Waals surface area contributed by atoms with Gasteiger partial charge in [-0.15, -0.1) is 0 Å². The lowest BCUT2D eigenvalue weighted by Gasteiger charge is -2.29. The van der Waals surface area contributed by atoms with Crippen LogP contribution >= 0.6 is 0 Å². The number of urea groups is 1. The Morgan fingerprint density at radius 3 is 2.48 bits per heavy atom. The molecular formula is C14H24N2O5. The van der Waals surface area contributed by atoms with Crippen LogP contribution in [0.25, 0.3) is 0 Å². The second kappa shape index (κ2) is 6.78. The van der Waals surface area contributed by atoms with Gasteiger partial charge in [0.25, 0.3) is 0 Å². The van der Waals surface area contributed by atoms with E-state index in [9.17, 15) is 14.4 Å². The van der Waals surface area contributed by atoms with Crippen LogP contribution in [0.5, 0.6) is 0 Å². The van der Waals surface area contributed by atoms with Crippen molar-refractivity contribution in [2.75, 3.05) is 20.2 Å². The van der Waals surface area contributed by atoms with Gasteiger partial charge in [0.15, 0.2) is 0 Å². The number of carbonyl (C=O) groups is 3. The van der Waals surface area contributed by atoms with E-state index in [-0.39, 0.29) is 30.3 Å². The normalized spacial score (nSPS) is 22.0. The summed E-state index contributed by atoms with van der Waals surface area (Å²) in [6, 6.07) is -0.274. The molecule has 1 heterocycles. The molecule has 1 fully saturated rings. The highest BCUT2D eigenvalue weighted by molar-refractivity contribution is 5.79. The quantitative estimate of drug-likeness (QED) is 0.741. The average molecular weight is 300 g/mol.